The van der Waals surface area contributed by atoms with Crippen LogP contribution in [0.2, 0.25) is 0 Å². The third kappa shape index (κ3) is 4.48. The van der Waals surface area contributed by atoms with Gasteiger partial charge in [-0.05, 0) is 31.0 Å². The van der Waals surface area contributed by atoms with E-state index in [2.05, 4.69) is 21.2 Å². The molecule has 1 unspecified atom stereocenters. The fraction of sp³-hybridized carbons (Fsp3) is 0.462. The maximum absolute atomic E-state index is 11.7. The summed E-state index contributed by atoms with van der Waals surface area (Å²) in [5.74, 6) is -0.0812. The lowest BCUT2D eigenvalue weighted by atomic mass is 10.1. The summed E-state index contributed by atoms with van der Waals surface area (Å²) >= 11 is 3.38. The molecule has 2 atom stereocenters. The molecule has 0 fully saturated rings. The highest BCUT2D eigenvalue weighted by atomic mass is 79.9. The standard InChI is InChI=1S/C13H19BrN2O/c1-3-4-12(15)13(17)16-9(2)10-5-7-11(14)8-6-10/h5-9,12H,3-4,15H2,1-2H3,(H,16,17)/t9-,12?/m0/s1. The highest BCUT2D eigenvalue weighted by Gasteiger charge is 2.15. The Morgan fingerprint density at radius 3 is 2.53 bits per heavy atom. The minimum absolute atomic E-state index is 0.0153. The van der Waals surface area contributed by atoms with Crippen molar-refractivity contribution in [1.29, 1.82) is 0 Å². The van der Waals surface area contributed by atoms with E-state index in [9.17, 15) is 4.79 Å². The Balaban J connectivity index is 2.57. The number of halogens is 1. The average molecular weight is 299 g/mol. The van der Waals surface area contributed by atoms with Crippen LogP contribution in [0.1, 0.15) is 38.3 Å². The zero-order valence-corrected chi connectivity index (χ0v) is 11.8. The Morgan fingerprint density at radius 2 is 2.00 bits per heavy atom. The van der Waals surface area contributed by atoms with E-state index in [0.717, 1.165) is 22.9 Å². The third-order valence-corrected chi connectivity index (χ3v) is 3.19. The van der Waals surface area contributed by atoms with E-state index in [1.54, 1.807) is 0 Å². The van der Waals surface area contributed by atoms with Gasteiger partial charge in [0.15, 0.2) is 0 Å². The van der Waals surface area contributed by atoms with Gasteiger partial charge in [-0.15, -0.1) is 0 Å². The number of hydrogen-bond donors (Lipinski definition) is 2. The number of carbonyl (C=O) groups is 1. The van der Waals surface area contributed by atoms with Gasteiger partial charge in [-0.1, -0.05) is 41.4 Å². The summed E-state index contributed by atoms with van der Waals surface area (Å²) in [6.45, 7) is 3.98. The molecule has 0 bridgehead atoms. The lowest BCUT2D eigenvalue weighted by Gasteiger charge is -2.17. The van der Waals surface area contributed by atoms with Crippen LogP contribution in [0, 0.1) is 0 Å². The van der Waals surface area contributed by atoms with Crippen molar-refractivity contribution in [3.63, 3.8) is 0 Å². The Hall–Kier alpha value is -0.870. The highest BCUT2D eigenvalue weighted by Crippen LogP contribution is 2.16. The molecule has 0 aliphatic rings. The van der Waals surface area contributed by atoms with Gasteiger partial charge < -0.3 is 11.1 Å². The first-order valence-corrected chi connectivity index (χ1v) is 6.65. The van der Waals surface area contributed by atoms with Crippen molar-refractivity contribution in [3.05, 3.63) is 34.3 Å². The molecule has 1 aromatic carbocycles. The predicted molar refractivity (Wildman–Crippen MR) is 73.6 cm³/mol. The van der Waals surface area contributed by atoms with Crippen molar-refractivity contribution in [3.8, 4) is 0 Å². The normalized spacial score (nSPS) is 14.1. The number of amides is 1. The number of rotatable bonds is 5. The molecule has 0 aliphatic heterocycles. The lowest BCUT2D eigenvalue weighted by molar-refractivity contribution is -0.123. The predicted octanol–water partition coefficient (Wildman–Crippen LogP) is 2.75. The minimum Gasteiger partial charge on any atom is -0.348 e. The van der Waals surface area contributed by atoms with E-state index in [-0.39, 0.29) is 11.9 Å². The van der Waals surface area contributed by atoms with Crippen LogP contribution >= 0.6 is 15.9 Å². The van der Waals surface area contributed by atoms with Crippen LogP contribution in [0.4, 0.5) is 0 Å². The van der Waals surface area contributed by atoms with Crippen molar-refractivity contribution in [2.24, 2.45) is 5.73 Å². The minimum atomic E-state index is -0.405. The molecule has 94 valence electrons. The highest BCUT2D eigenvalue weighted by molar-refractivity contribution is 9.10. The molecular weight excluding hydrogens is 280 g/mol. The molecule has 0 radical (unpaired) electrons. The molecule has 0 saturated heterocycles. The summed E-state index contributed by atoms with van der Waals surface area (Å²) in [4.78, 5) is 11.7. The van der Waals surface area contributed by atoms with Crippen LogP contribution < -0.4 is 11.1 Å². The van der Waals surface area contributed by atoms with Crippen LogP contribution in [0.5, 0.6) is 0 Å². The van der Waals surface area contributed by atoms with Crippen LogP contribution in [0.15, 0.2) is 28.7 Å². The second-order valence-corrected chi connectivity index (χ2v) is 5.09. The van der Waals surface area contributed by atoms with Gasteiger partial charge >= 0.3 is 0 Å². The monoisotopic (exact) mass is 298 g/mol. The van der Waals surface area contributed by atoms with Crippen LogP contribution in [-0.4, -0.2) is 11.9 Å². The summed E-state index contributed by atoms with van der Waals surface area (Å²) in [5.41, 5.74) is 6.83. The molecule has 3 nitrogen and oxygen atoms in total. The van der Waals surface area contributed by atoms with Gasteiger partial charge in [0.2, 0.25) is 5.91 Å². The number of nitrogens with two attached hydrogens (primary N) is 1. The van der Waals surface area contributed by atoms with Crippen molar-refractivity contribution in [1.82, 2.24) is 5.32 Å². The van der Waals surface area contributed by atoms with Crippen LogP contribution in [0.25, 0.3) is 0 Å². The van der Waals surface area contributed by atoms with Gasteiger partial charge in [-0.2, -0.15) is 0 Å². The van der Waals surface area contributed by atoms with E-state index in [1.165, 1.54) is 0 Å². The Bertz CT molecular complexity index is 364. The zero-order valence-electron chi connectivity index (χ0n) is 10.2. The maximum Gasteiger partial charge on any atom is 0.237 e. The second kappa shape index (κ2) is 6.77. The van der Waals surface area contributed by atoms with Crippen LogP contribution in [-0.2, 0) is 4.79 Å². The van der Waals surface area contributed by atoms with Gasteiger partial charge in [-0.25, -0.2) is 0 Å². The van der Waals surface area contributed by atoms with E-state index in [0.29, 0.717) is 0 Å². The molecule has 1 amide bonds. The molecule has 1 aromatic rings. The number of benzene rings is 1. The molecule has 3 N–H and O–H groups in total. The maximum atomic E-state index is 11.7. The molecule has 4 heteroatoms. The van der Waals surface area contributed by atoms with E-state index < -0.39 is 6.04 Å². The largest absolute Gasteiger partial charge is 0.348 e. The molecule has 0 spiro atoms. The fourth-order valence-electron chi connectivity index (χ4n) is 1.60. The summed E-state index contributed by atoms with van der Waals surface area (Å²) < 4.78 is 1.03. The van der Waals surface area contributed by atoms with Gasteiger partial charge in [0.25, 0.3) is 0 Å². The molecule has 0 aromatic heterocycles. The van der Waals surface area contributed by atoms with E-state index >= 15 is 0 Å². The van der Waals surface area contributed by atoms with Gasteiger partial charge in [0, 0.05) is 4.47 Å². The van der Waals surface area contributed by atoms with Crippen molar-refractivity contribution < 1.29 is 4.79 Å². The summed E-state index contributed by atoms with van der Waals surface area (Å²) in [6.07, 6.45) is 1.64. The Labute approximate surface area is 111 Å². The Kier molecular flexibility index (Phi) is 5.65. The Morgan fingerprint density at radius 1 is 1.41 bits per heavy atom. The average Bonchev–Trinajstić information content (AvgIpc) is 2.30. The lowest BCUT2D eigenvalue weighted by Crippen LogP contribution is -2.41. The molecule has 0 heterocycles. The number of hydrogen-bond acceptors (Lipinski definition) is 2. The SMILES string of the molecule is CCCC(N)C(=O)N[C@@H](C)c1ccc(Br)cc1. The van der Waals surface area contributed by atoms with E-state index in [4.69, 9.17) is 5.73 Å². The van der Waals surface area contributed by atoms with Gasteiger partial charge in [-0.3, -0.25) is 4.79 Å². The van der Waals surface area contributed by atoms with Gasteiger partial charge in [0.05, 0.1) is 12.1 Å². The van der Waals surface area contributed by atoms with Gasteiger partial charge in [0.1, 0.15) is 0 Å². The summed E-state index contributed by atoms with van der Waals surface area (Å²) in [6, 6.07) is 7.48. The van der Waals surface area contributed by atoms with Crippen molar-refractivity contribution >= 4 is 21.8 Å². The fourth-order valence-corrected chi connectivity index (χ4v) is 1.86. The quantitative estimate of drug-likeness (QED) is 0.878. The molecular formula is C13H19BrN2O. The summed E-state index contributed by atoms with van der Waals surface area (Å²) in [5, 5.41) is 2.92. The van der Waals surface area contributed by atoms with Crippen molar-refractivity contribution in [2.75, 3.05) is 0 Å². The molecule has 0 aliphatic carbocycles. The zero-order chi connectivity index (χ0) is 12.8. The number of nitrogens with one attached hydrogen (secondary N) is 1. The second-order valence-electron chi connectivity index (χ2n) is 4.18. The molecule has 1 rings (SSSR count). The van der Waals surface area contributed by atoms with Crippen LogP contribution in [0.3, 0.4) is 0 Å². The number of carbonyl (C=O) groups excluding carboxylic acids is 1. The first-order valence-electron chi connectivity index (χ1n) is 5.86. The first kappa shape index (κ1) is 14.2. The van der Waals surface area contributed by atoms with E-state index in [1.807, 2.05) is 38.1 Å². The molecule has 17 heavy (non-hydrogen) atoms. The van der Waals surface area contributed by atoms with Crippen molar-refractivity contribution in [2.45, 2.75) is 38.8 Å². The smallest absolute Gasteiger partial charge is 0.237 e. The molecule has 0 saturated carbocycles. The topological polar surface area (TPSA) is 55.1 Å². The first-order chi connectivity index (χ1) is 8.04. The summed E-state index contributed by atoms with van der Waals surface area (Å²) in [7, 11) is 0. The third-order valence-electron chi connectivity index (χ3n) is 2.67.